The number of carbonyl (C=O) groups excluding carboxylic acids is 1. The van der Waals surface area contributed by atoms with Gasteiger partial charge in [0.1, 0.15) is 0 Å². The van der Waals surface area contributed by atoms with Crippen molar-refractivity contribution in [3.8, 4) is 0 Å². The number of hydrogen-bond acceptors (Lipinski definition) is 3. The second kappa shape index (κ2) is 5.56. The maximum Gasteiger partial charge on any atom is 0.257 e. The van der Waals surface area contributed by atoms with Gasteiger partial charge in [0.05, 0.1) is 17.3 Å². The molecule has 1 fully saturated rings. The molecule has 2 rings (SSSR count). The highest BCUT2D eigenvalue weighted by molar-refractivity contribution is 5.94. The summed E-state index contributed by atoms with van der Waals surface area (Å²) >= 11 is 0. The molecule has 1 saturated heterocycles. The van der Waals surface area contributed by atoms with E-state index in [4.69, 9.17) is 5.73 Å². The van der Waals surface area contributed by atoms with Gasteiger partial charge < -0.3 is 10.6 Å². The Morgan fingerprint density at radius 1 is 1.45 bits per heavy atom. The molecule has 1 aromatic rings. The zero-order chi connectivity index (χ0) is 14.9. The number of carbonyl (C=O) groups is 1. The number of piperidine rings is 1. The lowest BCUT2D eigenvalue weighted by molar-refractivity contribution is 0.0583. The molecule has 0 spiro atoms. The molecule has 1 aliphatic heterocycles. The van der Waals surface area contributed by atoms with Crippen LogP contribution < -0.4 is 5.73 Å². The van der Waals surface area contributed by atoms with E-state index in [1.165, 1.54) is 0 Å². The third kappa shape index (κ3) is 3.03. The van der Waals surface area contributed by atoms with Crippen molar-refractivity contribution in [3.63, 3.8) is 0 Å². The molecule has 5 heteroatoms. The van der Waals surface area contributed by atoms with E-state index in [1.54, 1.807) is 6.20 Å². The van der Waals surface area contributed by atoms with Gasteiger partial charge in [0.15, 0.2) is 0 Å². The number of nitrogens with two attached hydrogens (primary N) is 1. The van der Waals surface area contributed by atoms with Crippen LogP contribution in [0, 0.1) is 0 Å². The van der Waals surface area contributed by atoms with E-state index in [9.17, 15) is 4.79 Å². The van der Waals surface area contributed by atoms with Gasteiger partial charge in [0.25, 0.3) is 5.91 Å². The summed E-state index contributed by atoms with van der Waals surface area (Å²) in [6.07, 6.45) is 6.71. The molecule has 1 aliphatic rings. The molecule has 0 radical (unpaired) electrons. The molecule has 2 atom stereocenters. The van der Waals surface area contributed by atoms with Gasteiger partial charge in [-0.15, -0.1) is 0 Å². The van der Waals surface area contributed by atoms with E-state index in [-0.39, 0.29) is 23.5 Å². The summed E-state index contributed by atoms with van der Waals surface area (Å²) in [6, 6.07) is 0.158. The molecule has 112 valence electrons. The van der Waals surface area contributed by atoms with Crippen molar-refractivity contribution >= 4 is 5.91 Å². The van der Waals surface area contributed by atoms with Gasteiger partial charge in [0.2, 0.25) is 0 Å². The second-order valence-electron chi connectivity index (χ2n) is 6.77. The van der Waals surface area contributed by atoms with Crippen LogP contribution in [0.25, 0.3) is 0 Å². The molecule has 0 aromatic carbocycles. The minimum atomic E-state index is -0.110. The zero-order valence-electron chi connectivity index (χ0n) is 13.0. The van der Waals surface area contributed by atoms with Crippen molar-refractivity contribution in [2.45, 2.75) is 64.6 Å². The largest absolute Gasteiger partial charge is 0.334 e. The van der Waals surface area contributed by atoms with Gasteiger partial charge >= 0.3 is 0 Å². The van der Waals surface area contributed by atoms with Gasteiger partial charge in [0, 0.05) is 24.8 Å². The minimum Gasteiger partial charge on any atom is -0.334 e. The summed E-state index contributed by atoms with van der Waals surface area (Å²) in [4.78, 5) is 14.6. The van der Waals surface area contributed by atoms with Gasteiger partial charge in [-0.1, -0.05) is 0 Å². The van der Waals surface area contributed by atoms with Crippen molar-refractivity contribution < 1.29 is 4.79 Å². The molecule has 2 unspecified atom stereocenters. The molecule has 20 heavy (non-hydrogen) atoms. The van der Waals surface area contributed by atoms with Gasteiger partial charge in [-0.2, -0.15) is 5.10 Å². The Morgan fingerprint density at radius 2 is 2.15 bits per heavy atom. The Balaban J connectivity index is 2.19. The van der Waals surface area contributed by atoms with Gasteiger partial charge in [-0.25, -0.2) is 0 Å². The van der Waals surface area contributed by atoms with Crippen LogP contribution in [-0.2, 0) is 5.54 Å². The molecule has 0 saturated carbocycles. The molecule has 2 heterocycles. The second-order valence-corrected chi connectivity index (χ2v) is 6.77. The molecule has 0 aliphatic carbocycles. The van der Waals surface area contributed by atoms with Crippen LogP contribution in [-0.4, -0.2) is 39.2 Å². The summed E-state index contributed by atoms with van der Waals surface area (Å²) < 4.78 is 1.84. The normalized spacial score (nSPS) is 21.9. The average Bonchev–Trinajstić information content (AvgIpc) is 2.87. The lowest BCUT2D eigenvalue weighted by atomic mass is 9.96. The first kappa shape index (κ1) is 15.0. The highest BCUT2D eigenvalue weighted by Gasteiger charge is 2.30. The third-order valence-electron chi connectivity index (χ3n) is 3.93. The number of aromatic nitrogens is 2. The van der Waals surface area contributed by atoms with Crippen LogP contribution in [0.4, 0.5) is 0 Å². The van der Waals surface area contributed by atoms with E-state index in [2.05, 4.69) is 25.9 Å². The average molecular weight is 278 g/mol. The van der Waals surface area contributed by atoms with Crippen LogP contribution >= 0.6 is 0 Å². The Labute approximate surface area is 121 Å². The monoisotopic (exact) mass is 278 g/mol. The smallest absolute Gasteiger partial charge is 0.257 e. The fourth-order valence-electron chi connectivity index (χ4n) is 2.72. The first-order valence-corrected chi connectivity index (χ1v) is 7.42. The Hall–Kier alpha value is -1.36. The molecular formula is C15H26N4O. The summed E-state index contributed by atoms with van der Waals surface area (Å²) in [5.41, 5.74) is 6.58. The Kier molecular flexibility index (Phi) is 4.18. The molecule has 0 bridgehead atoms. The van der Waals surface area contributed by atoms with E-state index in [0.717, 1.165) is 25.8 Å². The molecule has 1 amide bonds. The number of likely N-dealkylation sites (tertiary alicyclic amines) is 1. The number of hydrogen-bond donors (Lipinski definition) is 1. The topological polar surface area (TPSA) is 64.2 Å². The number of rotatable bonds is 2. The maximum absolute atomic E-state index is 12.7. The van der Waals surface area contributed by atoms with E-state index in [0.29, 0.717) is 5.56 Å². The first-order valence-electron chi connectivity index (χ1n) is 7.42. The molecular weight excluding hydrogens is 252 g/mol. The summed E-state index contributed by atoms with van der Waals surface area (Å²) in [7, 11) is 0. The minimum absolute atomic E-state index is 0.0110. The predicted molar refractivity (Wildman–Crippen MR) is 79.5 cm³/mol. The van der Waals surface area contributed by atoms with Crippen molar-refractivity contribution in [2.75, 3.05) is 6.54 Å². The highest BCUT2D eigenvalue weighted by atomic mass is 16.2. The van der Waals surface area contributed by atoms with Crippen LogP contribution in [0.2, 0.25) is 0 Å². The van der Waals surface area contributed by atoms with Gasteiger partial charge in [-0.3, -0.25) is 9.48 Å². The van der Waals surface area contributed by atoms with E-state index in [1.807, 2.05) is 22.7 Å². The lowest BCUT2D eigenvalue weighted by Crippen LogP contribution is -2.51. The molecule has 1 aromatic heterocycles. The maximum atomic E-state index is 12.7. The lowest BCUT2D eigenvalue weighted by Gasteiger charge is -2.37. The van der Waals surface area contributed by atoms with Crippen molar-refractivity contribution in [3.05, 3.63) is 18.0 Å². The molecule has 5 nitrogen and oxygen atoms in total. The van der Waals surface area contributed by atoms with Crippen molar-refractivity contribution in [2.24, 2.45) is 5.73 Å². The number of amides is 1. The van der Waals surface area contributed by atoms with Gasteiger partial charge in [-0.05, 0) is 47.0 Å². The Morgan fingerprint density at radius 3 is 2.70 bits per heavy atom. The van der Waals surface area contributed by atoms with Crippen LogP contribution in [0.5, 0.6) is 0 Å². The standard InChI is InChI=1S/C15H26N4O/c1-11(16)13-7-5-6-8-18(13)14(20)12-9-17-19(10-12)15(2,3)4/h9-11,13H,5-8,16H2,1-4H3. The van der Waals surface area contributed by atoms with Crippen LogP contribution in [0.1, 0.15) is 57.3 Å². The van der Waals surface area contributed by atoms with E-state index < -0.39 is 0 Å². The summed E-state index contributed by atoms with van der Waals surface area (Å²) in [6.45, 7) is 8.99. The highest BCUT2D eigenvalue weighted by Crippen LogP contribution is 2.22. The van der Waals surface area contributed by atoms with Crippen molar-refractivity contribution in [1.29, 1.82) is 0 Å². The van der Waals surface area contributed by atoms with Crippen LogP contribution in [0.3, 0.4) is 0 Å². The van der Waals surface area contributed by atoms with E-state index >= 15 is 0 Å². The first-order chi connectivity index (χ1) is 9.30. The fraction of sp³-hybridized carbons (Fsp3) is 0.733. The summed E-state index contributed by atoms with van der Waals surface area (Å²) in [5, 5.41) is 4.31. The Bertz CT molecular complexity index is 472. The summed E-state index contributed by atoms with van der Waals surface area (Å²) in [5.74, 6) is 0.0579. The fourth-order valence-corrected chi connectivity index (χ4v) is 2.72. The van der Waals surface area contributed by atoms with Crippen molar-refractivity contribution in [1.82, 2.24) is 14.7 Å². The third-order valence-corrected chi connectivity index (χ3v) is 3.93. The quantitative estimate of drug-likeness (QED) is 0.899. The number of nitrogens with zero attached hydrogens (tertiary/aromatic N) is 3. The predicted octanol–water partition coefficient (Wildman–Crippen LogP) is 1.98. The molecule has 2 N–H and O–H groups in total. The zero-order valence-corrected chi connectivity index (χ0v) is 13.0. The SMILES string of the molecule is CC(N)C1CCCCN1C(=O)c1cnn(C(C)(C)C)c1. The van der Waals surface area contributed by atoms with Crippen LogP contribution in [0.15, 0.2) is 12.4 Å².